The number of benzene rings is 2. The van der Waals surface area contributed by atoms with Crippen LogP contribution in [0, 0.1) is 5.82 Å². The predicted octanol–water partition coefficient (Wildman–Crippen LogP) is 5.58. The summed E-state index contributed by atoms with van der Waals surface area (Å²) in [5.41, 5.74) is 4.98. The van der Waals surface area contributed by atoms with Crippen molar-refractivity contribution in [1.29, 1.82) is 0 Å². The van der Waals surface area contributed by atoms with E-state index in [1.807, 2.05) is 0 Å². The number of halogens is 7. The maximum absolute atomic E-state index is 14.7. The van der Waals surface area contributed by atoms with Crippen LogP contribution in [0.4, 0.5) is 38.0 Å². The number of alkyl halides is 5. The summed E-state index contributed by atoms with van der Waals surface area (Å²) in [7, 11) is 0. The van der Waals surface area contributed by atoms with Gasteiger partial charge in [0.2, 0.25) is 5.91 Å². The van der Waals surface area contributed by atoms with Crippen LogP contribution in [-0.2, 0) is 16.6 Å². The molecule has 14 heteroatoms. The van der Waals surface area contributed by atoms with E-state index in [0.717, 1.165) is 4.68 Å². The van der Waals surface area contributed by atoms with E-state index in [1.165, 1.54) is 43.3 Å². The quantitative estimate of drug-likeness (QED) is 0.314. The van der Waals surface area contributed by atoms with Gasteiger partial charge in [-0.2, -0.15) is 41.7 Å². The summed E-state index contributed by atoms with van der Waals surface area (Å²) in [6.45, 7) is 1.47. The molecule has 0 bridgehead atoms. The van der Waals surface area contributed by atoms with Gasteiger partial charge in [0.25, 0.3) is 5.95 Å². The molecule has 1 aliphatic heterocycles. The average molecular weight is 555 g/mol. The minimum absolute atomic E-state index is 0.0222. The largest absolute Gasteiger partial charge is 0.453 e. The molecule has 38 heavy (non-hydrogen) atoms. The van der Waals surface area contributed by atoms with Crippen LogP contribution in [0.15, 0.2) is 42.5 Å². The third-order valence-corrected chi connectivity index (χ3v) is 6.76. The molecule has 3 heterocycles. The van der Waals surface area contributed by atoms with Crippen LogP contribution in [0.25, 0.3) is 16.9 Å². The molecule has 0 radical (unpaired) electrons. The molecule has 5 rings (SSSR count). The van der Waals surface area contributed by atoms with Crippen molar-refractivity contribution in [1.82, 2.24) is 19.7 Å². The van der Waals surface area contributed by atoms with Crippen LogP contribution in [-0.4, -0.2) is 37.8 Å². The number of nitrogens with two attached hydrogens (primary N) is 1. The highest BCUT2D eigenvalue weighted by atomic mass is 35.5. The molecule has 0 aliphatic carbocycles. The third-order valence-electron chi connectivity index (χ3n) is 6.52. The van der Waals surface area contributed by atoms with E-state index in [9.17, 15) is 31.1 Å². The van der Waals surface area contributed by atoms with Crippen LogP contribution in [0.5, 0.6) is 0 Å². The molecule has 0 fully saturated rings. The number of aryl methyl sites for hydroxylation is 1. The molecule has 0 saturated carbocycles. The van der Waals surface area contributed by atoms with E-state index in [4.69, 9.17) is 17.3 Å². The van der Waals surface area contributed by atoms with Gasteiger partial charge in [0.15, 0.2) is 0 Å². The first kappa shape index (κ1) is 25.8. The molecule has 1 unspecified atom stereocenters. The number of carbonyl (C=O) groups excluding carboxylic acids is 1. The number of hydrogen-bond acceptors (Lipinski definition) is 5. The van der Waals surface area contributed by atoms with Crippen LogP contribution in [0.3, 0.4) is 0 Å². The van der Waals surface area contributed by atoms with E-state index in [1.54, 1.807) is 6.07 Å². The maximum Gasteiger partial charge on any atom is 0.453 e. The zero-order chi connectivity index (χ0) is 27.6. The summed E-state index contributed by atoms with van der Waals surface area (Å²) in [6.07, 6.45) is -8.00. The lowest BCUT2D eigenvalue weighted by Crippen LogP contribution is -2.36. The SMILES string of the molecule is CC1(c2ccccc2F)C(=O)Nc2nc(-n3nc(CCC(F)(F)C(F)(F)F)c4cc(Cl)ccc43)nc(N)c21. The van der Waals surface area contributed by atoms with Crippen molar-refractivity contribution in [2.75, 3.05) is 11.1 Å². The summed E-state index contributed by atoms with van der Waals surface area (Å²) in [4.78, 5) is 21.6. The summed E-state index contributed by atoms with van der Waals surface area (Å²) in [5.74, 6) is -6.58. The molecule has 1 atom stereocenters. The van der Waals surface area contributed by atoms with E-state index in [2.05, 4.69) is 20.4 Å². The van der Waals surface area contributed by atoms with Crippen LogP contribution in [0.2, 0.25) is 5.02 Å². The highest BCUT2D eigenvalue weighted by Gasteiger charge is 2.56. The summed E-state index contributed by atoms with van der Waals surface area (Å²) in [6, 6.07) is 9.96. The fraction of sp³-hybridized carbons (Fsp3) is 0.250. The van der Waals surface area contributed by atoms with E-state index in [-0.39, 0.29) is 50.3 Å². The Labute approximate surface area is 215 Å². The van der Waals surface area contributed by atoms with Crippen molar-refractivity contribution in [2.24, 2.45) is 0 Å². The Morgan fingerprint density at radius 2 is 1.82 bits per heavy atom. The van der Waals surface area contributed by atoms with Gasteiger partial charge in [0, 0.05) is 22.4 Å². The zero-order valence-corrected chi connectivity index (χ0v) is 20.1. The number of aromatic nitrogens is 4. The fourth-order valence-corrected chi connectivity index (χ4v) is 4.69. The zero-order valence-electron chi connectivity index (χ0n) is 19.4. The summed E-state index contributed by atoms with van der Waals surface area (Å²) < 4.78 is 81.1. The molecule has 198 valence electrons. The van der Waals surface area contributed by atoms with Gasteiger partial charge in [-0.15, -0.1) is 0 Å². The Morgan fingerprint density at radius 3 is 2.50 bits per heavy atom. The van der Waals surface area contributed by atoms with E-state index < -0.39 is 42.1 Å². The van der Waals surface area contributed by atoms with Gasteiger partial charge >= 0.3 is 12.1 Å². The van der Waals surface area contributed by atoms with Crippen molar-refractivity contribution in [2.45, 2.75) is 37.3 Å². The number of fused-ring (bicyclic) bond motifs is 2. The van der Waals surface area contributed by atoms with Gasteiger partial charge in [-0.05, 0) is 37.6 Å². The lowest BCUT2D eigenvalue weighted by molar-refractivity contribution is -0.284. The number of nitrogens with one attached hydrogen (secondary N) is 1. The van der Waals surface area contributed by atoms with Crippen LogP contribution in [0.1, 0.15) is 30.2 Å². The van der Waals surface area contributed by atoms with Gasteiger partial charge in [0.05, 0.1) is 16.8 Å². The van der Waals surface area contributed by atoms with Gasteiger partial charge in [0.1, 0.15) is 22.9 Å². The van der Waals surface area contributed by atoms with Crippen molar-refractivity contribution in [3.05, 3.63) is 70.1 Å². The molecular formula is C24H17ClF6N6O. The minimum atomic E-state index is -5.72. The predicted molar refractivity (Wildman–Crippen MR) is 127 cm³/mol. The molecule has 1 amide bonds. The Hall–Kier alpha value is -3.87. The second kappa shape index (κ2) is 8.58. The molecule has 0 spiro atoms. The number of carbonyl (C=O) groups is 1. The van der Waals surface area contributed by atoms with Gasteiger partial charge in [-0.1, -0.05) is 29.8 Å². The van der Waals surface area contributed by atoms with Crippen LogP contribution < -0.4 is 11.1 Å². The van der Waals surface area contributed by atoms with Crippen molar-refractivity contribution >= 4 is 40.0 Å². The Bertz CT molecular complexity index is 1600. The lowest BCUT2D eigenvalue weighted by atomic mass is 9.77. The van der Waals surface area contributed by atoms with Crippen LogP contribution >= 0.6 is 11.6 Å². The number of nitrogen functional groups attached to an aromatic ring is 1. The third kappa shape index (κ3) is 3.92. The normalized spacial score (nSPS) is 17.6. The van der Waals surface area contributed by atoms with Gasteiger partial charge < -0.3 is 11.1 Å². The maximum atomic E-state index is 14.7. The standard InChI is InChI=1S/C24H17ClF6N6O/c1-22(13-4-2-3-5-14(13)26)17-18(32)33-21(35-19(17)34-20(22)38)37-16-7-6-11(25)10-12(16)15(36-37)8-9-23(27,28)24(29,30)31/h2-7,10H,8-9H2,1H3,(H3,32,33,34,35,38). The molecular weight excluding hydrogens is 538 g/mol. The number of nitrogens with zero attached hydrogens (tertiary/aromatic N) is 4. The van der Waals surface area contributed by atoms with E-state index >= 15 is 0 Å². The molecule has 2 aromatic carbocycles. The summed E-state index contributed by atoms with van der Waals surface area (Å²) >= 11 is 6.03. The highest BCUT2D eigenvalue weighted by Crippen LogP contribution is 2.45. The Balaban J connectivity index is 1.62. The van der Waals surface area contributed by atoms with E-state index in [0.29, 0.717) is 0 Å². The smallest absolute Gasteiger partial charge is 0.383 e. The lowest BCUT2D eigenvalue weighted by Gasteiger charge is -2.23. The number of rotatable bonds is 5. The number of amides is 1. The summed E-state index contributed by atoms with van der Waals surface area (Å²) in [5, 5.41) is 7.16. The second-order valence-electron chi connectivity index (χ2n) is 8.91. The monoisotopic (exact) mass is 554 g/mol. The topological polar surface area (TPSA) is 98.7 Å². The number of anilines is 2. The van der Waals surface area contributed by atoms with Crippen molar-refractivity contribution in [3.63, 3.8) is 0 Å². The van der Waals surface area contributed by atoms with Gasteiger partial charge in [-0.3, -0.25) is 4.79 Å². The van der Waals surface area contributed by atoms with Gasteiger partial charge in [-0.25, -0.2) is 4.39 Å². The fourth-order valence-electron chi connectivity index (χ4n) is 4.52. The first-order valence-electron chi connectivity index (χ1n) is 11.1. The molecule has 4 aromatic rings. The average Bonchev–Trinajstić information content (AvgIpc) is 3.32. The molecule has 0 saturated heterocycles. The first-order valence-corrected chi connectivity index (χ1v) is 11.5. The molecule has 2 aromatic heterocycles. The Morgan fingerprint density at radius 1 is 1.11 bits per heavy atom. The number of hydrogen-bond donors (Lipinski definition) is 2. The minimum Gasteiger partial charge on any atom is -0.383 e. The second-order valence-corrected chi connectivity index (χ2v) is 9.35. The Kier molecular flexibility index (Phi) is 5.82. The molecule has 3 N–H and O–H groups in total. The highest BCUT2D eigenvalue weighted by molar-refractivity contribution is 6.31. The molecule has 1 aliphatic rings. The van der Waals surface area contributed by atoms with Crippen molar-refractivity contribution < 1.29 is 31.1 Å². The molecule has 7 nitrogen and oxygen atoms in total. The first-order chi connectivity index (χ1) is 17.7. The van der Waals surface area contributed by atoms with Crippen molar-refractivity contribution in [3.8, 4) is 5.95 Å².